The molecule has 0 aromatic heterocycles. The monoisotopic (exact) mass is 305 g/mol. The van der Waals surface area contributed by atoms with Crippen molar-refractivity contribution in [2.24, 2.45) is 0 Å². The van der Waals surface area contributed by atoms with Gasteiger partial charge in [-0.05, 0) is 25.7 Å². The zero-order valence-corrected chi connectivity index (χ0v) is 12.1. The summed E-state index contributed by atoms with van der Waals surface area (Å²) in [4.78, 5) is 37.6. The second kappa shape index (κ2) is 7.93. The molecular formula is C11H19N3O5S. The van der Waals surface area contributed by atoms with E-state index < -0.39 is 17.2 Å². The molecule has 0 aliphatic heterocycles. The molecule has 1 fully saturated rings. The number of thiol groups is 1. The molecule has 0 aromatic rings. The van der Waals surface area contributed by atoms with Crippen molar-refractivity contribution in [2.45, 2.75) is 50.8 Å². The van der Waals surface area contributed by atoms with Crippen molar-refractivity contribution in [3.63, 3.8) is 0 Å². The van der Waals surface area contributed by atoms with Crippen molar-refractivity contribution in [1.29, 1.82) is 0 Å². The van der Waals surface area contributed by atoms with Crippen LogP contribution in [0.15, 0.2) is 0 Å². The minimum Gasteiger partial charge on any atom is -0.352 e. The van der Waals surface area contributed by atoms with Crippen LogP contribution in [0.1, 0.15) is 32.6 Å². The summed E-state index contributed by atoms with van der Waals surface area (Å²) in [5, 5.41) is 14.8. The Bertz CT molecular complexity index is 371. The van der Waals surface area contributed by atoms with Crippen LogP contribution in [0.4, 0.5) is 0 Å². The van der Waals surface area contributed by atoms with E-state index in [9.17, 15) is 19.7 Å². The van der Waals surface area contributed by atoms with Gasteiger partial charge in [-0.2, -0.15) is 12.6 Å². The Hall–Kier alpha value is -1.51. The molecule has 0 saturated heterocycles. The maximum Gasteiger partial charge on any atom is 0.294 e. The van der Waals surface area contributed by atoms with Crippen LogP contribution in [0, 0.1) is 10.1 Å². The highest BCUT2D eigenvalue weighted by molar-refractivity contribution is 7.80. The van der Waals surface area contributed by atoms with Crippen molar-refractivity contribution in [1.82, 2.24) is 10.6 Å². The normalized spacial score (nSPS) is 23.5. The van der Waals surface area contributed by atoms with Crippen molar-refractivity contribution < 1.29 is 19.5 Å². The third kappa shape index (κ3) is 5.64. The second-order valence-corrected chi connectivity index (χ2v) is 5.11. The fourth-order valence-electron chi connectivity index (χ4n) is 2.18. The van der Waals surface area contributed by atoms with E-state index in [4.69, 9.17) is 0 Å². The summed E-state index contributed by atoms with van der Waals surface area (Å²) in [6, 6.07) is -0.714. The van der Waals surface area contributed by atoms with E-state index in [0.717, 1.165) is 0 Å². The van der Waals surface area contributed by atoms with Crippen molar-refractivity contribution in [2.75, 3.05) is 5.75 Å². The van der Waals surface area contributed by atoms with Gasteiger partial charge in [0.2, 0.25) is 11.8 Å². The van der Waals surface area contributed by atoms with Crippen molar-refractivity contribution in [3.05, 3.63) is 10.1 Å². The highest BCUT2D eigenvalue weighted by atomic mass is 32.1. The molecule has 1 rings (SSSR count). The molecule has 1 aliphatic carbocycles. The van der Waals surface area contributed by atoms with Gasteiger partial charge in [-0.3, -0.25) is 9.59 Å². The smallest absolute Gasteiger partial charge is 0.294 e. The van der Waals surface area contributed by atoms with E-state index in [1.807, 2.05) is 0 Å². The molecular weight excluding hydrogens is 286 g/mol. The zero-order valence-electron chi connectivity index (χ0n) is 11.2. The van der Waals surface area contributed by atoms with Gasteiger partial charge < -0.3 is 15.5 Å². The Labute approximate surface area is 122 Å². The minimum atomic E-state index is -0.780. The first-order chi connectivity index (χ1) is 9.42. The highest BCUT2D eigenvalue weighted by Crippen LogP contribution is 2.21. The number of nitrogens with one attached hydrogen (secondary N) is 2. The average Bonchev–Trinajstić information content (AvgIpc) is 2.37. The summed E-state index contributed by atoms with van der Waals surface area (Å²) >= 11 is 4.03. The van der Waals surface area contributed by atoms with Gasteiger partial charge in [0.1, 0.15) is 12.1 Å². The van der Waals surface area contributed by atoms with Crippen LogP contribution < -0.4 is 10.6 Å². The van der Waals surface area contributed by atoms with Gasteiger partial charge >= 0.3 is 0 Å². The van der Waals surface area contributed by atoms with Gasteiger partial charge in [0.05, 0.1) is 0 Å². The van der Waals surface area contributed by atoms with Gasteiger partial charge in [0.15, 0.2) is 0 Å². The van der Waals surface area contributed by atoms with Gasteiger partial charge in [-0.15, -0.1) is 10.1 Å². The largest absolute Gasteiger partial charge is 0.352 e. The Morgan fingerprint density at radius 1 is 1.40 bits per heavy atom. The van der Waals surface area contributed by atoms with Crippen molar-refractivity contribution >= 4 is 24.4 Å². The third-order valence-electron chi connectivity index (χ3n) is 3.13. The van der Waals surface area contributed by atoms with Gasteiger partial charge in [-0.25, -0.2) is 0 Å². The molecule has 1 aliphatic rings. The molecule has 0 aromatic carbocycles. The lowest BCUT2D eigenvalue weighted by atomic mass is 9.93. The minimum absolute atomic E-state index is 0.0507. The summed E-state index contributed by atoms with van der Waals surface area (Å²) in [6.45, 7) is 1.34. The molecule has 0 bridgehead atoms. The van der Waals surface area contributed by atoms with Crippen LogP contribution in [0.2, 0.25) is 0 Å². The number of amides is 2. The van der Waals surface area contributed by atoms with Crippen LogP contribution in [0.5, 0.6) is 0 Å². The van der Waals surface area contributed by atoms with E-state index in [-0.39, 0.29) is 23.6 Å². The molecule has 1 saturated carbocycles. The van der Waals surface area contributed by atoms with E-state index in [2.05, 4.69) is 28.1 Å². The van der Waals surface area contributed by atoms with E-state index in [1.165, 1.54) is 6.92 Å². The van der Waals surface area contributed by atoms with Crippen LogP contribution in [0.3, 0.4) is 0 Å². The molecule has 1 unspecified atom stereocenters. The molecule has 0 spiro atoms. The summed E-state index contributed by atoms with van der Waals surface area (Å²) < 4.78 is 0. The first-order valence-corrected chi connectivity index (χ1v) is 7.05. The summed E-state index contributed by atoms with van der Waals surface area (Å²) in [5.74, 6) is -0.360. The lowest BCUT2D eigenvalue weighted by molar-refractivity contribution is -0.769. The second-order valence-electron chi connectivity index (χ2n) is 4.75. The number of carbonyl (C=O) groups is 2. The van der Waals surface area contributed by atoms with Crippen LogP contribution in [0.25, 0.3) is 0 Å². The third-order valence-corrected chi connectivity index (χ3v) is 3.50. The quantitative estimate of drug-likeness (QED) is 0.365. The average molecular weight is 305 g/mol. The summed E-state index contributed by atoms with van der Waals surface area (Å²) in [6.07, 6.45) is 1.89. The lowest BCUT2D eigenvalue weighted by Crippen LogP contribution is -2.51. The SMILES string of the molecule is CC(=O)NC(CS)C(=O)N[C@H]1CC[C@H](O[N+](=O)[O-])CC1. The number of hydrogen-bond acceptors (Lipinski definition) is 6. The first kappa shape index (κ1) is 16.5. The molecule has 20 heavy (non-hydrogen) atoms. The Kier molecular flexibility index (Phi) is 6.56. The predicted molar refractivity (Wildman–Crippen MR) is 73.7 cm³/mol. The molecule has 9 heteroatoms. The Morgan fingerprint density at radius 3 is 2.45 bits per heavy atom. The summed E-state index contributed by atoms with van der Waals surface area (Å²) in [5.41, 5.74) is 0. The van der Waals surface area contributed by atoms with Crippen molar-refractivity contribution in [3.8, 4) is 0 Å². The molecule has 114 valence electrons. The fourth-order valence-corrected chi connectivity index (χ4v) is 2.43. The number of hydrogen-bond donors (Lipinski definition) is 3. The van der Waals surface area contributed by atoms with Crippen LogP contribution in [-0.2, 0) is 14.4 Å². The standard InChI is InChI=1S/C11H19N3O5S/c1-7(15)12-10(6-20)11(16)13-8-2-4-9(5-3-8)19-14(17)18/h8-10,20H,2-6H2,1H3,(H,12,15)(H,13,16)/t8-,9-,10?. The van der Waals surface area contributed by atoms with E-state index >= 15 is 0 Å². The molecule has 8 nitrogen and oxygen atoms in total. The van der Waals surface area contributed by atoms with E-state index in [0.29, 0.717) is 25.7 Å². The number of rotatable bonds is 6. The number of carbonyl (C=O) groups excluding carboxylic acids is 2. The first-order valence-electron chi connectivity index (χ1n) is 6.42. The Balaban J connectivity index is 2.37. The number of nitrogens with zero attached hydrogens (tertiary/aromatic N) is 1. The topological polar surface area (TPSA) is 111 Å². The van der Waals surface area contributed by atoms with Gasteiger partial charge in [-0.1, -0.05) is 0 Å². The van der Waals surface area contributed by atoms with E-state index in [1.54, 1.807) is 0 Å². The Morgan fingerprint density at radius 2 is 2.00 bits per heavy atom. The highest BCUT2D eigenvalue weighted by Gasteiger charge is 2.26. The van der Waals surface area contributed by atoms with Crippen LogP contribution in [-0.4, -0.2) is 40.8 Å². The lowest BCUT2D eigenvalue weighted by Gasteiger charge is -2.29. The zero-order chi connectivity index (χ0) is 15.1. The van der Waals surface area contributed by atoms with Gasteiger partial charge in [0.25, 0.3) is 5.09 Å². The maximum atomic E-state index is 11.9. The predicted octanol–water partition coefficient (Wildman–Crippen LogP) is 0.0566. The maximum absolute atomic E-state index is 11.9. The van der Waals surface area contributed by atoms with Gasteiger partial charge in [0, 0.05) is 18.7 Å². The fraction of sp³-hybridized carbons (Fsp3) is 0.818. The summed E-state index contributed by atoms with van der Waals surface area (Å²) in [7, 11) is 0. The molecule has 0 radical (unpaired) electrons. The molecule has 2 amide bonds. The van der Waals surface area contributed by atoms with Crippen LogP contribution >= 0.6 is 12.6 Å². The molecule has 0 heterocycles. The molecule has 1 atom stereocenters. The molecule has 2 N–H and O–H groups in total.